The lowest BCUT2D eigenvalue weighted by molar-refractivity contribution is 0.0632. The predicted octanol–water partition coefficient (Wildman–Crippen LogP) is 2.54. The fourth-order valence-corrected chi connectivity index (χ4v) is 4.01. The van der Waals surface area contributed by atoms with Crippen LogP contribution in [0.5, 0.6) is 0 Å². The van der Waals surface area contributed by atoms with Crippen molar-refractivity contribution < 1.29 is 5.11 Å². The summed E-state index contributed by atoms with van der Waals surface area (Å²) in [7, 11) is 0. The molecule has 3 fully saturated rings. The highest BCUT2D eigenvalue weighted by Crippen LogP contribution is 2.40. The summed E-state index contributed by atoms with van der Waals surface area (Å²) in [6.07, 6.45) is 13.6. The van der Waals surface area contributed by atoms with Crippen LogP contribution < -0.4 is 5.32 Å². The maximum atomic E-state index is 9.16. The minimum absolute atomic E-state index is 0.344. The van der Waals surface area contributed by atoms with Gasteiger partial charge in [-0.05, 0) is 50.4 Å². The molecule has 0 unspecified atom stereocenters. The highest BCUT2D eigenvalue weighted by molar-refractivity contribution is 4.94. The minimum Gasteiger partial charge on any atom is -0.396 e. The third-order valence-electron chi connectivity index (χ3n) is 5.74. The number of aliphatic hydroxyl groups is 1. The molecule has 0 aromatic rings. The number of rotatable bonds is 9. The van der Waals surface area contributed by atoms with Gasteiger partial charge in [0.15, 0.2) is 0 Å². The van der Waals surface area contributed by atoms with Gasteiger partial charge in [0.1, 0.15) is 0 Å². The van der Waals surface area contributed by atoms with Gasteiger partial charge in [0.2, 0.25) is 0 Å². The first-order valence-electron chi connectivity index (χ1n) is 8.90. The molecule has 0 saturated heterocycles. The summed E-state index contributed by atoms with van der Waals surface area (Å²) in [5, 5.41) is 13.0. The molecule has 0 bridgehead atoms. The van der Waals surface area contributed by atoms with Gasteiger partial charge in [-0.25, -0.2) is 0 Å². The molecule has 0 radical (unpaired) electrons. The van der Waals surface area contributed by atoms with Crippen LogP contribution in [-0.4, -0.2) is 48.3 Å². The van der Waals surface area contributed by atoms with Gasteiger partial charge in [-0.2, -0.15) is 0 Å². The Kier molecular flexibility index (Phi) is 5.00. The highest BCUT2D eigenvalue weighted by Gasteiger charge is 2.39. The van der Waals surface area contributed by atoms with Crippen molar-refractivity contribution in [1.29, 1.82) is 0 Å². The first-order chi connectivity index (χ1) is 9.81. The molecule has 3 nitrogen and oxygen atoms in total. The van der Waals surface area contributed by atoms with E-state index in [2.05, 4.69) is 10.2 Å². The number of hydrogen-bond acceptors (Lipinski definition) is 3. The summed E-state index contributed by atoms with van der Waals surface area (Å²) in [6, 6.07) is 1.65. The molecule has 116 valence electrons. The van der Waals surface area contributed by atoms with E-state index in [0.29, 0.717) is 12.0 Å². The zero-order chi connectivity index (χ0) is 13.8. The predicted molar refractivity (Wildman–Crippen MR) is 82.8 cm³/mol. The molecule has 2 N–H and O–H groups in total. The van der Waals surface area contributed by atoms with Gasteiger partial charge in [0.05, 0.1) is 0 Å². The standard InChI is InChI=1S/C17H32N2O/c20-12-4-11-19(16-5-3-6-16)14-17(9-1-2-10-17)13-18-15-7-8-15/h15-16,18,20H,1-14H2. The Bertz CT molecular complexity index is 293. The molecule has 0 aromatic carbocycles. The molecular formula is C17H32N2O. The fourth-order valence-electron chi connectivity index (χ4n) is 4.01. The third-order valence-corrected chi connectivity index (χ3v) is 5.74. The molecule has 3 rings (SSSR count). The maximum absolute atomic E-state index is 9.16. The number of hydrogen-bond donors (Lipinski definition) is 2. The van der Waals surface area contributed by atoms with Crippen molar-refractivity contribution in [3.63, 3.8) is 0 Å². The van der Waals surface area contributed by atoms with E-state index in [1.54, 1.807) is 0 Å². The average molecular weight is 280 g/mol. The Labute approximate surface area is 124 Å². The molecule has 0 heterocycles. The summed E-state index contributed by atoms with van der Waals surface area (Å²) in [6.45, 7) is 3.96. The van der Waals surface area contributed by atoms with Gasteiger partial charge < -0.3 is 10.4 Å². The molecule has 20 heavy (non-hydrogen) atoms. The Hall–Kier alpha value is -0.120. The van der Waals surface area contributed by atoms with Crippen molar-refractivity contribution in [3.05, 3.63) is 0 Å². The summed E-state index contributed by atoms with van der Waals surface area (Å²) in [5.74, 6) is 0. The molecule has 0 aromatic heterocycles. The van der Waals surface area contributed by atoms with Crippen LogP contribution in [0.4, 0.5) is 0 Å². The quantitative estimate of drug-likeness (QED) is 0.681. The second-order valence-electron chi connectivity index (χ2n) is 7.49. The lowest BCUT2D eigenvalue weighted by Gasteiger charge is -2.43. The van der Waals surface area contributed by atoms with Crippen LogP contribution in [0.2, 0.25) is 0 Å². The number of nitrogens with zero attached hydrogens (tertiary/aromatic N) is 1. The van der Waals surface area contributed by atoms with E-state index in [9.17, 15) is 0 Å². The zero-order valence-corrected chi connectivity index (χ0v) is 12.9. The highest BCUT2D eigenvalue weighted by atomic mass is 16.3. The molecule has 0 spiro atoms. The van der Waals surface area contributed by atoms with Gasteiger partial charge >= 0.3 is 0 Å². The lowest BCUT2D eigenvalue weighted by atomic mass is 9.82. The molecule has 0 amide bonds. The van der Waals surface area contributed by atoms with Crippen LogP contribution >= 0.6 is 0 Å². The molecule has 0 aliphatic heterocycles. The van der Waals surface area contributed by atoms with Crippen LogP contribution in [-0.2, 0) is 0 Å². The minimum atomic E-state index is 0.344. The van der Waals surface area contributed by atoms with E-state index in [4.69, 9.17) is 5.11 Å². The van der Waals surface area contributed by atoms with Crippen LogP contribution in [0.1, 0.15) is 64.2 Å². The smallest absolute Gasteiger partial charge is 0.0443 e. The van der Waals surface area contributed by atoms with Crippen molar-refractivity contribution >= 4 is 0 Å². The molecule has 3 heteroatoms. The normalized spacial score (nSPS) is 26.1. The maximum Gasteiger partial charge on any atom is 0.0443 e. The second kappa shape index (κ2) is 6.76. The van der Waals surface area contributed by atoms with Gasteiger partial charge in [-0.15, -0.1) is 0 Å². The Morgan fingerprint density at radius 3 is 2.35 bits per heavy atom. The summed E-state index contributed by atoms with van der Waals surface area (Å²) < 4.78 is 0. The summed E-state index contributed by atoms with van der Waals surface area (Å²) in [5.41, 5.74) is 0.535. The van der Waals surface area contributed by atoms with E-state index in [1.165, 1.54) is 70.9 Å². The van der Waals surface area contributed by atoms with Crippen LogP contribution in [0.15, 0.2) is 0 Å². The Balaban J connectivity index is 1.56. The molecule has 0 atom stereocenters. The first kappa shape index (κ1) is 14.8. The van der Waals surface area contributed by atoms with Gasteiger partial charge in [0, 0.05) is 38.3 Å². The van der Waals surface area contributed by atoms with Gasteiger partial charge in [-0.1, -0.05) is 19.3 Å². The number of aliphatic hydroxyl groups excluding tert-OH is 1. The SMILES string of the molecule is OCCCN(CC1(CNC2CC2)CCCC1)C1CCC1. The molecule has 3 saturated carbocycles. The van der Waals surface area contributed by atoms with E-state index in [0.717, 1.165) is 25.0 Å². The van der Waals surface area contributed by atoms with E-state index in [1.807, 2.05) is 0 Å². The van der Waals surface area contributed by atoms with E-state index >= 15 is 0 Å². The van der Waals surface area contributed by atoms with Crippen LogP contribution in [0.25, 0.3) is 0 Å². The van der Waals surface area contributed by atoms with Gasteiger partial charge in [-0.3, -0.25) is 4.90 Å². The fraction of sp³-hybridized carbons (Fsp3) is 1.00. The molecule has 3 aliphatic rings. The summed E-state index contributed by atoms with van der Waals surface area (Å²) >= 11 is 0. The van der Waals surface area contributed by atoms with Gasteiger partial charge in [0.25, 0.3) is 0 Å². The first-order valence-corrected chi connectivity index (χ1v) is 8.90. The largest absolute Gasteiger partial charge is 0.396 e. The third kappa shape index (κ3) is 3.75. The summed E-state index contributed by atoms with van der Waals surface area (Å²) in [4.78, 5) is 2.72. The van der Waals surface area contributed by atoms with Crippen LogP contribution in [0.3, 0.4) is 0 Å². The van der Waals surface area contributed by atoms with Crippen molar-refractivity contribution in [2.24, 2.45) is 5.41 Å². The van der Waals surface area contributed by atoms with E-state index in [-0.39, 0.29) is 0 Å². The van der Waals surface area contributed by atoms with Crippen molar-refractivity contribution in [1.82, 2.24) is 10.2 Å². The second-order valence-corrected chi connectivity index (χ2v) is 7.49. The van der Waals surface area contributed by atoms with Crippen LogP contribution in [0, 0.1) is 5.41 Å². The Morgan fingerprint density at radius 2 is 1.80 bits per heavy atom. The molecular weight excluding hydrogens is 248 g/mol. The van der Waals surface area contributed by atoms with Crippen molar-refractivity contribution in [2.45, 2.75) is 76.3 Å². The van der Waals surface area contributed by atoms with Crippen molar-refractivity contribution in [3.8, 4) is 0 Å². The Morgan fingerprint density at radius 1 is 1.05 bits per heavy atom. The number of nitrogens with one attached hydrogen (secondary N) is 1. The lowest BCUT2D eigenvalue weighted by Crippen LogP contribution is -2.49. The average Bonchev–Trinajstić information content (AvgIpc) is 3.12. The zero-order valence-electron chi connectivity index (χ0n) is 12.9. The van der Waals surface area contributed by atoms with E-state index < -0.39 is 0 Å². The monoisotopic (exact) mass is 280 g/mol. The molecule has 3 aliphatic carbocycles. The van der Waals surface area contributed by atoms with Crippen molar-refractivity contribution in [2.75, 3.05) is 26.2 Å². The topological polar surface area (TPSA) is 35.5 Å².